The van der Waals surface area contributed by atoms with Gasteiger partial charge >= 0.3 is 6.03 Å². The van der Waals surface area contributed by atoms with Gasteiger partial charge in [0, 0.05) is 23.0 Å². The lowest BCUT2D eigenvalue weighted by molar-refractivity contribution is 0.259. The molecule has 0 saturated heterocycles. The summed E-state index contributed by atoms with van der Waals surface area (Å²) >= 11 is 1.98. The molecule has 0 spiro atoms. The van der Waals surface area contributed by atoms with E-state index in [1.807, 2.05) is 36.0 Å². The van der Waals surface area contributed by atoms with E-state index in [9.17, 15) is 4.79 Å². The van der Waals surface area contributed by atoms with Crippen molar-refractivity contribution >= 4 is 23.5 Å². The van der Waals surface area contributed by atoms with Crippen LogP contribution in [0.1, 0.15) is 44.2 Å². The minimum absolute atomic E-state index is 0.311. The third-order valence-electron chi connectivity index (χ3n) is 4.15. The Labute approximate surface area is 131 Å². The molecule has 1 aromatic rings. The maximum absolute atomic E-state index is 10.8. The van der Waals surface area contributed by atoms with Crippen LogP contribution >= 0.6 is 11.8 Å². The number of nitrogens with two attached hydrogens (primary N) is 1. The monoisotopic (exact) mass is 307 g/mol. The Morgan fingerprint density at radius 1 is 1.29 bits per heavy atom. The van der Waals surface area contributed by atoms with E-state index in [4.69, 9.17) is 5.73 Å². The van der Waals surface area contributed by atoms with Gasteiger partial charge in [-0.25, -0.2) is 4.79 Å². The molecule has 0 aromatic heterocycles. The number of thioether (sulfide) groups is 1. The number of hydrogen-bond donors (Lipinski definition) is 3. The van der Waals surface area contributed by atoms with Crippen molar-refractivity contribution in [2.45, 2.75) is 49.9 Å². The number of primary amides is 1. The molecule has 3 atom stereocenters. The molecule has 1 aliphatic carbocycles. The number of rotatable bonds is 5. The minimum atomic E-state index is -0.529. The Balaban J connectivity index is 1.95. The third kappa shape index (κ3) is 4.64. The predicted molar refractivity (Wildman–Crippen MR) is 90.8 cm³/mol. The van der Waals surface area contributed by atoms with Crippen LogP contribution in [-0.2, 0) is 0 Å². The fraction of sp³-hybridized carbons (Fsp3) is 0.562. The van der Waals surface area contributed by atoms with E-state index in [0.717, 1.165) is 10.9 Å². The van der Waals surface area contributed by atoms with Crippen molar-refractivity contribution in [3.8, 4) is 0 Å². The number of amides is 2. The van der Waals surface area contributed by atoms with Crippen molar-refractivity contribution in [3.63, 3.8) is 0 Å². The van der Waals surface area contributed by atoms with Crippen LogP contribution in [0.25, 0.3) is 0 Å². The summed E-state index contributed by atoms with van der Waals surface area (Å²) in [5.74, 6) is 0. The Kier molecular flexibility index (Phi) is 5.94. The molecule has 0 radical (unpaired) electrons. The molecule has 4 N–H and O–H groups in total. The zero-order valence-corrected chi connectivity index (χ0v) is 13.6. The second-order valence-electron chi connectivity index (χ2n) is 5.66. The zero-order chi connectivity index (χ0) is 15.2. The summed E-state index contributed by atoms with van der Waals surface area (Å²) in [4.78, 5) is 10.8. The highest BCUT2D eigenvalue weighted by Crippen LogP contribution is 2.29. The number of carbonyl (C=O) groups excluding carboxylic acids is 1. The number of anilines is 1. The van der Waals surface area contributed by atoms with Gasteiger partial charge in [0.05, 0.1) is 0 Å². The van der Waals surface area contributed by atoms with Gasteiger partial charge in [0.1, 0.15) is 0 Å². The van der Waals surface area contributed by atoms with E-state index in [1.54, 1.807) is 0 Å². The van der Waals surface area contributed by atoms with Gasteiger partial charge in [-0.2, -0.15) is 11.8 Å². The highest BCUT2D eigenvalue weighted by atomic mass is 32.2. The Morgan fingerprint density at radius 2 is 1.95 bits per heavy atom. The van der Waals surface area contributed by atoms with Crippen LogP contribution in [0.4, 0.5) is 10.5 Å². The SMILES string of the molecule is CSC1CCCCC1NC(C)c1ccc(NC(N)=O)cc1. The number of hydrogen-bond acceptors (Lipinski definition) is 3. The lowest BCUT2D eigenvalue weighted by Gasteiger charge is -2.33. The zero-order valence-electron chi connectivity index (χ0n) is 12.8. The molecular weight excluding hydrogens is 282 g/mol. The predicted octanol–water partition coefficient (Wildman–Crippen LogP) is 3.50. The van der Waals surface area contributed by atoms with Gasteiger partial charge in [0.25, 0.3) is 0 Å². The van der Waals surface area contributed by atoms with Crippen LogP contribution in [-0.4, -0.2) is 23.6 Å². The van der Waals surface area contributed by atoms with E-state index < -0.39 is 6.03 Å². The first-order valence-corrected chi connectivity index (χ1v) is 8.84. The van der Waals surface area contributed by atoms with Crippen molar-refractivity contribution in [3.05, 3.63) is 29.8 Å². The maximum atomic E-state index is 10.8. The summed E-state index contributed by atoms with van der Waals surface area (Å²) in [6.07, 6.45) is 7.46. The van der Waals surface area contributed by atoms with Crippen LogP contribution in [0.15, 0.2) is 24.3 Å². The van der Waals surface area contributed by atoms with E-state index in [1.165, 1.54) is 31.2 Å². The molecule has 3 unspecified atom stereocenters. The van der Waals surface area contributed by atoms with Crippen LogP contribution < -0.4 is 16.4 Å². The van der Waals surface area contributed by atoms with Crippen LogP contribution in [0, 0.1) is 0 Å². The summed E-state index contributed by atoms with van der Waals surface area (Å²) in [5, 5.41) is 7.07. The Morgan fingerprint density at radius 3 is 2.57 bits per heavy atom. The molecule has 4 nitrogen and oxygen atoms in total. The molecule has 1 aromatic carbocycles. The van der Waals surface area contributed by atoms with Crippen molar-refractivity contribution in [2.24, 2.45) is 5.73 Å². The first kappa shape index (κ1) is 16.2. The van der Waals surface area contributed by atoms with Crippen LogP contribution in [0.3, 0.4) is 0 Å². The number of urea groups is 1. The number of carbonyl (C=O) groups is 1. The van der Waals surface area contributed by atoms with Gasteiger partial charge in [0.15, 0.2) is 0 Å². The minimum Gasteiger partial charge on any atom is -0.351 e. The van der Waals surface area contributed by atoms with Gasteiger partial charge in [-0.15, -0.1) is 0 Å². The summed E-state index contributed by atoms with van der Waals surface area (Å²) in [5.41, 5.74) is 7.08. The molecule has 1 aliphatic rings. The van der Waals surface area contributed by atoms with Gasteiger partial charge in [0.2, 0.25) is 0 Å². The summed E-state index contributed by atoms with van der Waals surface area (Å²) < 4.78 is 0. The lowest BCUT2D eigenvalue weighted by atomic mass is 9.93. The Bertz CT molecular complexity index is 463. The average molecular weight is 307 g/mol. The van der Waals surface area contributed by atoms with Crippen molar-refractivity contribution < 1.29 is 4.79 Å². The van der Waals surface area contributed by atoms with E-state index >= 15 is 0 Å². The lowest BCUT2D eigenvalue weighted by Crippen LogP contribution is -2.41. The first-order valence-electron chi connectivity index (χ1n) is 7.55. The molecule has 2 amide bonds. The quantitative estimate of drug-likeness (QED) is 0.780. The van der Waals surface area contributed by atoms with Gasteiger partial charge in [-0.1, -0.05) is 25.0 Å². The van der Waals surface area contributed by atoms with Crippen LogP contribution in [0.2, 0.25) is 0 Å². The number of benzene rings is 1. The van der Waals surface area contributed by atoms with Crippen molar-refractivity contribution in [1.82, 2.24) is 5.32 Å². The highest BCUT2D eigenvalue weighted by molar-refractivity contribution is 7.99. The second-order valence-corrected chi connectivity index (χ2v) is 6.74. The fourth-order valence-corrected chi connectivity index (χ4v) is 3.93. The molecule has 0 aliphatic heterocycles. The normalized spacial score (nSPS) is 23.5. The van der Waals surface area contributed by atoms with Crippen molar-refractivity contribution in [2.75, 3.05) is 11.6 Å². The molecule has 5 heteroatoms. The maximum Gasteiger partial charge on any atom is 0.316 e. The topological polar surface area (TPSA) is 67.2 Å². The summed E-state index contributed by atoms with van der Waals surface area (Å²) in [6, 6.07) is 8.24. The first-order chi connectivity index (χ1) is 10.1. The summed E-state index contributed by atoms with van der Waals surface area (Å²) in [6.45, 7) is 2.20. The fourth-order valence-electron chi connectivity index (χ4n) is 2.98. The van der Waals surface area contributed by atoms with E-state index in [0.29, 0.717) is 12.1 Å². The van der Waals surface area contributed by atoms with E-state index in [2.05, 4.69) is 23.8 Å². The molecular formula is C16H25N3OS. The van der Waals surface area contributed by atoms with Gasteiger partial charge in [-0.3, -0.25) is 0 Å². The largest absolute Gasteiger partial charge is 0.351 e. The number of nitrogens with one attached hydrogen (secondary N) is 2. The highest BCUT2D eigenvalue weighted by Gasteiger charge is 2.25. The van der Waals surface area contributed by atoms with Gasteiger partial charge in [-0.05, 0) is 43.7 Å². The van der Waals surface area contributed by atoms with Crippen LogP contribution in [0.5, 0.6) is 0 Å². The Hall–Kier alpha value is -1.20. The standard InChI is InChI=1S/C16H25N3OS/c1-11(18-14-5-3-4-6-15(14)21-2)12-7-9-13(10-8-12)19-16(17)20/h7-11,14-15,18H,3-6H2,1-2H3,(H3,17,19,20). The van der Waals surface area contributed by atoms with E-state index in [-0.39, 0.29) is 0 Å². The molecule has 1 saturated carbocycles. The molecule has 1 fully saturated rings. The molecule has 0 heterocycles. The molecule has 21 heavy (non-hydrogen) atoms. The molecule has 0 bridgehead atoms. The molecule has 2 rings (SSSR count). The second kappa shape index (κ2) is 7.71. The smallest absolute Gasteiger partial charge is 0.316 e. The average Bonchev–Trinajstić information content (AvgIpc) is 2.48. The third-order valence-corrected chi connectivity index (χ3v) is 5.32. The van der Waals surface area contributed by atoms with Gasteiger partial charge < -0.3 is 16.4 Å². The molecule has 116 valence electrons. The van der Waals surface area contributed by atoms with Crippen molar-refractivity contribution in [1.29, 1.82) is 0 Å². The summed E-state index contributed by atoms with van der Waals surface area (Å²) in [7, 11) is 0.